The predicted molar refractivity (Wildman–Crippen MR) is 114 cm³/mol. The third-order valence-electron chi connectivity index (χ3n) is 5.50. The Kier molecular flexibility index (Phi) is 5.69. The molecule has 0 aliphatic heterocycles. The molecule has 1 aliphatic carbocycles. The Morgan fingerprint density at radius 3 is 2.94 bits per heavy atom. The molecule has 0 bridgehead atoms. The summed E-state index contributed by atoms with van der Waals surface area (Å²) in [7, 11) is 5.02. The van der Waals surface area contributed by atoms with Gasteiger partial charge in [-0.05, 0) is 42.2 Å². The van der Waals surface area contributed by atoms with Gasteiger partial charge in [0.15, 0.2) is 0 Å². The number of amides is 1. The van der Waals surface area contributed by atoms with Gasteiger partial charge in [-0.15, -0.1) is 0 Å². The summed E-state index contributed by atoms with van der Waals surface area (Å²) < 4.78 is 10.7. The van der Waals surface area contributed by atoms with Crippen LogP contribution in [0.15, 0.2) is 40.9 Å². The van der Waals surface area contributed by atoms with E-state index in [2.05, 4.69) is 27.6 Å². The Morgan fingerprint density at radius 2 is 2.19 bits per heavy atom. The van der Waals surface area contributed by atoms with Gasteiger partial charge in [0.05, 0.1) is 19.2 Å². The predicted octanol–water partition coefficient (Wildman–Crippen LogP) is 2.95. The summed E-state index contributed by atoms with van der Waals surface area (Å²) in [6.07, 6.45) is 1.77. The molecule has 0 saturated carbocycles. The van der Waals surface area contributed by atoms with Crippen molar-refractivity contribution in [2.24, 2.45) is 0 Å². The van der Waals surface area contributed by atoms with Crippen molar-refractivity contribution in [3.05, 3.63) is 53.1 Å². The number of carbonyl (C=O) groups excluding carboxylic acids is 1. The number of hydrogen-bond acceptors (Lipinski definition) is 7. The summed E-state index contributed by atoms with van der Waals surface area (Å²) in [5.41, 5.74) is 4.31. The van der Waals surface area contributed by atoms with Gasteiger partial charge >= 0.3 is 0 Å². The molecule has 3 aromatic rings. The van der Waals surface area contributed by atoms with Crippen LogP contribution in [-0.4, -0.2) is 48.7 Å². The number of likely N-dealkylation sites (N-methyl/N-ethyl adjacent to an activating group) is 1. The molecule has 1 aromatic heterocycles. The van der Waals surface area contributed by atoms with Gasteiger partial charge in [0.25, 0.3) is 5.89 Å². The average Bonchev–Trinajstić information content (AvgIpc) is 3.44. The SMILES string of the molecule is COc1ccc(-c2nc(-c3cccc4c3CC[C@H]4NCC(=O)N(C)C)no2)cc1C#N. The number of rotatable bonds is 6. The number of methoxy groups -OCH3 is 1. The van der Waals surface area contributed by atoms with Gasteiger partial charge in [-0.3, -0.25) is 4.79 Å². The van der Waals surface area contributed by atoms with Gasteiger partial charge in [0.2, 0.25) is 11.7 Å². The normalized spacial score (nSPS) is 14.7. The summed E-state index contributed by atoms with van der Waals surface area (Å²) in [4.78, 5) is 18.1. The standard InChI is InChI=1S/C23H23N5O3/c1-28(2)21(29)13-25-19-9-8-16-17(19)5-4-6-18(16)22-26-23(31-27-22)14-7-10-20(30-3)15(11-14)12-24/h4-7,10-11,19,25H,8-9,13H2,1-3H3/t19-/m1/s1. The Morgan fingerprint density at radius 1 is 1.35 bits per heavy atom. The second kappa shape index (κ2) is 8.58. The average molecular weight is 417 g/mol. The van der Waals surface area contributed by atoms with Crippen LogP contribution in [0.25, 0.3) is 22.8 Å². The third-order valence-corrected chi connectivity index (χ3v) is 5.50. The van der Waals surface area contributed by atoms with Crippen molar-refractivity contribution in [3.8, 4) is 34.7 Å². The van der Waals surface area contributed by atoms with Crippen molar-refractivity contribution >= 4 is 5.91 Å². The Labute approximate surface area is 180 Å². The zero-order valence-electron chi connectivity index (χ0n) is 17.7. The molecule has 0 spiro atoms. The maximum atomic E-state index is 11.9. The van der Waals surface area contributed by atoms with E-state index in [-0.39, 0.29) is 11.9 Å². The van der Waals surface area contributed by atoms with E-state index in [1.54, 1.807) is 37.2 Å². The lowest BCUT2D eigenvalue weighted by Crippen LogP contribution is -2.34. The number of nitriles is 1. The zero-order chi connectivity index (χ0) is 22.0. The lowest BCUT2D eigenvalue weighted by molar-refractivity contribution is -0.127. The van der Waals surface area contributed by atoms with Crippen molar-refractivity contribution in [1.82, 2.24) is 20.4 Å². The lowest BCUT2D eigenvalue weighted by atomic mass is 10.0. The molecule has 1 aliphatic rings. The van der Waals surface area contributed by atoms with E-state index in [1.807, 2.05) is 12.1 Å². The first-order valence-electron chi connectivity index (χ1n) is 9.99. The molecule has 8 nitrogen and oxygen atoms in total. The number of carbonyl (C=O) groups is 1. The molecular formula is C23H23N5O3. The third kappa shape index (κ3) is 4.00. The first-order chi connectivity index (χ1) is 15.0. The van der Waals surface area contributed by atoms with Crippen molar-refractivity contribution in [2.45, 2.75) is 18.9 Å². The molecule has 1 N–H and O–H groups in total. The van der Waals surface area contributed by atoms with Crippen LogP contribution in [0.5, 0.6) is 5.75 Å². The molecule has 1 atom stereocenters. The fraction of sp³-hybridized carbons (Fsp3) is 0.304. The van der Waals surface area contributed by atoms with Crippen LogP contribution in [-0.2, 0) is 11.2 Å². The smallest absolute Gasteiger partial charge is 0.258 e. The van der Waals surface area contributed by atoms with Crippen LogP contribution < -0.4 is 10.1 Å². The highest BCUT2D eigenvalue weighted by Gasteiger charge is 2.27. The molecule has 1 amide bonds. The highest BCUT2D eigenvalue weighted by atomic mass is 16.5. The maximum Gasteiger partial charge on any atom is 0.258 e. The minimum atomic E-state index is 0.0450. The summed E-state index contributed by atoms with van der Waals surface area (Å²) >= 11 is 0. The highest BCUT2D eigenvalue weighted by Crippen LogP contribution is 2.37. The van der Waals surface area contributed by atoms with Crippen molar-refractivity contribution < 1.29 is 14.1 Å². The van der Waals surface area contributed by atoms with Crippen LogP contribution in [0.3, 0.4) is 0 Å². The molecule has 31 heavy (non-hydrogen) atoms. The summed E-state index contributed by atoms with van der Waals surface area (Å²) in [6, 6.07) is 13.4. The van der Waals surface area contributed by atoms with E-state index in [0.717, 1.165) is 29.5 Å². The first-order valence-corrected chi connectivity index (χ1v) is 9.99. The Hall–Kier alpha value is -3.70. The van der Waals surface area contributed by atoms with Crippen LogP contribution in [0, 0.1) is 11.3 Å². The molecule has 0 saturated heterocycles. The quantitative estimate of drug-likeness (QED) is 0.657. The molecule has 4 rings (SSSR count). The second-order valence-electron chi connectivity index (χ2n) is 7.58. The zero-order valence-corrected chi connectivity index (χ0v) is 17.7. The number of ether oxygens (including phenoxy) is 1. The minimum absolute atomic E-state index is 0.0450. The van der Waals surface area contributed by atoms with Gasteiger partial charge in [0, 0.05) is 31.3 Å². The monoisotopic (exact) mass is 417 g/mol. The van der Waals surface area contributed by atoms with Crippen LogP contribution in [0.2, 0.25) is 0 Å². The topological polar surface area (TPSA) is 104 Å². The van der Waals surface area contributed by atoms with E-state index < -0.39 is 0 Å². The Balaban J connectivity index is 1.60. The van der Waals surface area contributed by atoms with E-state index in [9.17, 15) is 10.1 Å². The van der Waals surface area contributed by atoms with Gasteiger partial charge < -0.3 is 19.5 Å². The fourth-order valence-corrected chi connectivity index (χ4v) is 3.82. The number of nitrogens with one attached hydrogen (secondary N) is 1. The molecule has 2 aromatic carbocycles. The summed E-state index contributed by atoms with van der Waals surface area (Å²) in [6.45, 7) is 0.298. The molecule has 8 heteroatoms. The Bertz CT molecular complexity index is 1160. The van der Waals surface area contributed by atoms with Gasteiger partial charge in [-0.2, -0.15) is 10.2 Å². The van der Waals surface area contributed by atoms with Gasteiger partial charge in [0.1, 0.15) is 11.8 Å². The van der Waals surface area contributed by atoms with Crippen LogP contribution in [0.1, 0.15) is 29.2 Å². The van der Waals surface area contributed by atoms with Crippen LogP contribution >= 0.6 is 0 Å². The number of aromatic nitrogens is 2. The van der Waals surface area contributed by atoms with E-state index in [4.69, 9.17) is 9.26 Å². The number of fused-ring (bicyclic) bond motifs is 1. The van der Waals surface area contributed by atoms with Crippen molar-refractivity contribution in [2.75, 3.05) is 27.7 Å². The van der Waals surface area contributed by atoms with E-state index >= 15 is 0 Å². The summed E-state index contributed by atoms with van der Waals surface area (Å²) in [5, 5.41) is 16.9. The fourth-order valence-electron chi connectivity index (χ4n) is 3.82. The lowest BCUT2D eigenvalue weighted by Gasteiger charge is -2.16. The van der Waals surface area contributed by atoms with Crippen molar-refractivity contribution in [1.29, 1.82) is 5.26 Å². The largest absolute Gasteiger partial charge is 0.495 e. The molecule has 0 fully saturated rings. The summed E-state index contributed by atoms with van der Waals surface area (Å²) in [5.74, 6) is 1.39. The van der Waals surface area contributed by atoms with Crippen molar-refractivity contribution in [3.63, 3.8) is 0 Å². The maximum absolute atomic E-state index is 11.9. The molecule has 1 heterocycles. The molecule has 0 unspecified atom stereocenters. The molecule has 0 radical (unpaired) electrons. The molecule has 158 valence electrons. The second-order valence-corrected chi connectivity index (χ2v) is 7.58. The number of benzene rings is 2. The number of hydrogen-bond donors (Lipinski definition) is 1. The van der Waals surface area contributed by atoms with E-state index in [1.165, 1.54) is 7.11 Å². The highest BCUT2D eigenvalue weighted by molar-refractivity contribution is 5.77. The van der Waals surface area contributed by atoms with Gasteiger partial charge in [-0.25, -0.2) is 0 Å². The van der Waals surface area contributed by atoms with Crippen LogP contribution in [0.4, 0.5) is 0 Å². The first kappa shape index (κ1) is 20.6. The number of nitrogens with zero attached hydrogens (tertiary/aromatic N) is 4. The molecular weight excluding hydrogens is 394 g/mol. The minimum Gasteiger partial charge on any atom is -0.495 e. The van der Waals surface area contributed by atoms with E-state index in [0.29, 0.717) is 35.1 Å². The van der Waals surface area contributed by atoms with Gasteiger partial charge in [-0.1, -0.05) is 23.4 Å².